The Morgan fingerprint density at radius 1 is 0.926 bits per heavy atom. The monoisotopic (exact) mass is 377 g/mol. The van der Waals surface area contributed by atoms with Gasteiger partial charge in [0, 0.05) is 12.2 Å². The Hall–Kier alpha value is -3.12. The lowest BCUT2D eigenvalue weighted by Gasteiger charge is -2.23. The Bertz CT molecular complexity index is 966. The van der Waals surface area contributed by atoms with E-state index < -0.39 is 0 Å². The summed E-state index contributed by atoms with van der Waals surface area (Å²) in [7, 11) is 1.67. The zero-order valence-electron chi connectivity index (χ0n) is 14.9. The van der Waals surface area contributed by atoms with Crippen LogP contribution in [-0.4, -0.2) is 17.3 Å². The van der Waals surface area contributed by atoms with Gasteiger partial charge < -0.3 is 14.1 Å². The Kier molecular flexibility index (Phi) is 5.16. The molecule has 0 spiro atoms. The van der Waals surface area contributed by atoms with Crippen molar-refractivity contribution < 1.29 is 9.15 Å². The highest BCUT2D eigenvalue weighted by atomic mass is 32.1. The van der Waals surface area contributed by atoms with E-state index in [1.54, 1.807) is 18.4 Å². The first-order chi connectivity index (χ1) is 13.3. The third kappa shape index (κ3) is 4.17. The first-order valence-corrected chi connectivity index (χ1v) is 9.49. The molecule has 6 heteroatoms. The van der Waals surface area contributed by atoms with Gasteiger partial charge in [0.25, 0.3) is 5.89 Å². The first-order valence-electron chi connectivity index (χ1n) is 8.61. The van der Waals surface area contributed by atoms with Gasteiger partial charge in [-0.05, 0) is 41.3 Å². The van der Waals surface area contributed by atoms with Gasteiger partial charge in [-0.15, -0.1) is 21.5 Å². The molecule has 136 valence electrons. The maximum absolute atomic E-state index is 5.88. The number of hydrogen-bond acceptors (Lipinski definition) is 6. The van der Waals surface area contributed by atoms with Gasteiger partial charge in [0.2, 0.25) is 5.89 Å². The predicted molar refractivity (Wildman–Crippen MR) is 107 cm³/mol. The number of aromatic nitrogens is 2. The molecule has 5 nitrogen and oxygen atoms in total. The van der Waals surface area contributed by atoms with Crippen molar-refractivity contribution >= 4 is 17.0 Å². The lowest BCUT2D eigenvalue weighted by molar-refractivity contribution is 0.415. The van der Waals surface area contributed by atoms with Crippen LogP contribution in [0.3, 0.4) is 0 Å². The van der Waals surface area contributed by atoms with Crippen molar-refractivity contribution in [2.75, 3.05) is 12.0 Å². The number of anilines is 1. The van der Waals surface area contributed by atoms with Gasteiger partial charge in [0.15, 0.2) is 0 Å². The van der Waals surface area contributed by atoms with Crippen molar-refractivity contribution in [1.82, 2.24) is 10.2 Å². The number of rotatable bonds is 7. The van der Waals surface area contributed by atoms with Crippen molar-refractivity contribution in [1.29, 1.82) is 0 Å². The average Bonchev–Trinajstić information content (AvgIpc) is 3.40. The quantitative estimate of drug-likeness (QED) is 0.453. The highest BCUT2D eigenvalue weighted by Crippen LogP contribution is 2.26. The average molecular weight is 377 g/mol. The minimum absolute atomic E-state index is 0.527. The van der Waals surface area contributed by atoms with Gasteiger partial charge in [0.1, 0.15) is 5.75 Å². The SMILES string of the molecule is COc1ccc(N(Cc2ccccc2)Cc2nnc(-c3cccs3)o2)cc1. The van der Waals surface area contributed by atoms with Crippen LogP contribution in [0.1, 0.15) is 11.5 Å². The summed E-state index contributed by atoms with van der Waals surface area (Å²) in [4.78, 5) is 3.19. The smallest absolute Gasteiger partial charge is 0.257 e. The molecule has 4 aromatic rings. The van der Waals surface area contributed by atoms with Crippen molar-refractivity contribution in [2.24, 2.45) is 0 Å². The second kappa shape index (κ2) is 8.05. The molecule has 0 saturated carbocycles. The van der Waals surface area contributed by atoms with Crippen LogP contribution in [0.15, 0.2) is 76.5 Å². The van der Waals surface area contributed by atoms with Crippen LogP contribution >= 0.6 is 11.3 Å². The molecule has 0 aliphatic heterocycles. The maximum atomic E-state index is 5.88. The lowest BCUT2D eigenvalue weighted by atomic mass is 10.2. The molecular weight excluding hydrogens is 358 g/mol. The number of ether oxygens (including phenoxy) is 1. The third-order valence-electron chi connectivity index (χ3n) is 4.18. The van der Waals surface area contributed by atoms with E-state index >= 15 is 0 Å². The molecule has 0 unspecified atom stereocenters. The minimum Gasteiger partial charge on any atom is -0.497 e. The van der Waals surface area contributed by atoms with Gasteiger partial charge in [-0.2, -0.15) is 0 Å². The second-order valence-electron chi connectivity index (χ2n) is 6.02. The molecule has 2 aromatic heterocycles. The second-order valence-corrected chi connectivity index (χ2v) is 6.97. The van der Waals surface area contributed by atoms with E-state index in [1.807, 2.05) is 60.0 Å². The highest BCUT2D eigenvalue weighted by Gasteiger charge is 2.15. The number of methoxy groups -OCH3 is 1. The number of benzene rings is 2. The summed E-state index contributed by atoms with van der Waals surface area (Å²) in [6.07, 6.45) is 0. The zero-order chi connectivity index (χ0) is 18.5. The van der Waals surface area contributed by atoms with E-state index in [2.05, 4.69) is 27.2 Å². The van der Waals surface area contributed by atoms with E-state index in [4.69, 9.17) is 9.15 Å². The molecule has 4 rings (SSSR count). The summed E-state index contributed by atoms with van der Waals surface area (Å²) < 4.78 is 11.2. The van der Waals surface area contributed by atoms with Gasteiger partial charge in [-0.25, -0.2) is 0 Å². The van der Waals surface area contributed by atoms with E-state index in [0.717, 1.165) is 22.9 Å². The Morgan fingerprint density at radius 2 is 1.74 bits per heavy atom. The number of hydrogen-bond donors (Lipinski definition) is 0. The molecule has 0 saturated heterocycles. The molecule has 0 fully saturated rings. The fourth-order valence-corrected chi connectivity index (χ4v) is 3.46. The fraction of sp³-hybridized carbons (Fsp3) is 0.143. The van der Waals surface area contributed by atoms with Crippen molar-refractivity contribution in [2.45, 2.75) is 13.1 Å². The molecule has 0 bridgehead atoms. The van der Waals surface area contributed by atoms with Gasteiger partial charge >= 0.3 is 0 Å². The molecule has 0 radical (unpaired) electrons. The Balaban J connectivity index is 1.59. The van der Waals surface area contributed by atoms with Crippen LogP contribution in [0.25, 0.3) is 10.8 Å². The standard InChI is InChI=1S/C21H19N3O2S/c1-25-18-11-9-17(10-12-18)24(14-16-6-3-2-4-7-16)15-20-22-23-21(26-20)19-8-5-13-27-19/h2-13H,14-15H2,1H3. The zero-order valence-corrected chi connectivity index (χ0v) is 15.7. The maximum Gasteiger partial charge on any atom is 0.257 e. The normalized spacial score (nSPS) is 10.7. The van der Waals surface area contributed by atoms with E-state index in [-0.39, 0.29) is 0 Å². The predicted octanol–water partition coefficient (Wildman–Crippen LogP) is 5.01. The minimum atomic E-state index is 0.527. The van der Waals surface area contributed by atoms with Crippen LogP contribution in [0.4, 0.5) is 5.69 Å². The molecule has 0 N–H and O–H groups in total. The third-order valence-corrected chi connectivity index (χ3v) is 5.04. The van der Waals surface area contributed by atoms with E-state index in [9.17, 15) is 0 Å². The van der Waals surface area contributed by atoms with Crippen LogP contribution in [0, 0.1) is 0 Å². The van der Waals surface area contributed by atoms with Gasteiger partial charge in [-0.1, -0.05) is 36.4 Å². The van der Waals surface area contributed by atoms with Crippen molar-refractivity contribution in [3.8, 4) is 16.5 Å². The lowest BCUT2D eigenvalue weighted by Crippen LogP contribution is -2.22. The molecule has 0 aliphatic rings. The largest absolute Gasteiger partial charge is 0.497 e. The fourth-order valence-electron chi connectivity index (χ4n) is 2.82. The van der Waals surface area contributed by atoms with Crippen LogP contribution in [-0.2, 0) is 13.1 Å². The van der Waals surface area contributed by atoms with Crippen LogP contribution in [0.5, 0.6) is 5.75 Å². The Labute approximate surface area is 161 Å². The van der Waals surface area contributed by atoms with Crippen LogP contribution < -0.4 is 9.64 Å². The van der Waals surface area contributed by atoms with E-state index in [0.29, 0.717) is 18.3 Å². The van der Waals surface area contributed by atoms with Gasteiger partial charge in [0.05, 0.1) is 18.5 Å². The highest BCUT2D eigenvalue weighted by molar-refractivity contribution is 7.13. The number of thiophene rings is 1. The topological polar surface area (TPSA) is 51.4 Å². The molecule has 0 atom stereocenters. The summed E-state index contributed by atoms with van der Waals surface area (Å²) in [6.45, 7) is 1.27. The molecule has 27 heavy (non-hydrogen) atoms. The summed E-state index contributed by atoms with van der Waals surface area (Å²) in [5.41, 5.74) is 2.28. The molecular formula is C21H19N3O2S. The van der Waals surface area contributed by atoms with E-state index in [1.165, 1.54) is 5.56 Å². The summed E-state index contributed by atoms with van der Waals surface area (Å²) >= 11 is 1.59. The van der Waals surface area contributed by atoms with Crippen molar-refractivity contribution in [3.63, 3.8) is 0 Å². The number of nitrogens with zero attached hydrogens (tertiary/aromatic N) is 3. The first kappa shape index (κ1) is 17.3. The molecule has 0 aliphatic carbocycles. The summed E-state index contributed by atoms with van der Waals surface area (Å²) in [6, 6.07) is 22.3. The summed E-state index contributed by atoms with van der Waals surface area (Å²) in [5.74, 6) is 1.98. The van der Waals surface area contributed by atoms with Crippen LogP contribution in [0.2, 0.25) is 0 Å². The molecule has 0 amide bonds. The van der Waals surface area contributed by atoms with Crippen molar-refractivity contribution in [3.05, 3.63) is 83.6 Å². The Morgan fingerprint density at radius 3 is 2.44 bits per heavy atom. The van der Waals surface area contributed by atoms with Gasteiger partial charge in [-0.3, -0.25) is 0 Å². The molecule has 2 heterocycles. The summed E-state index contributed by atoms with van der Waals surface area (Å²) in [5, 5.41) is 10.4. The molecule has 2 aromatic carbocycles.